The molecule has 64 valence electrons. The van der Waals surface area contributed by atoms with Gasteiger partial charge in [-0.1, -0.05) is 0 Å². The largest absolute Gasteiger partial charge is 0.368 e. The minimum atomic E-state index is 0.173. The van der Waals surface area contributed by atoms with E-state index in [1.165, 1.54) is 0 Å². The van der Waals surface area contributed by atoms with E-state index in [-0.39, 0.29) is 11.1 Å². The van der Waals surface area contributed by atoms with Gasteiger partial charge < -0.3 is 10.1 Å². The molecule has 0 radical (unpaired) electrons. The van der Waals surface area contributed by atoms with Gasteiger partial charge in [-0.25, -0.2) is 0 Å². The number of rotatable bonds is 0. The van der Waals surface area contributed by atoms with E-state index in [0.29, 0.717) is 12.2 Å². The first-order chi connectivity index (χ1) is 4.91. The van der Waals surface area contributed by atoms with Crippen LogP contribution in [0.3, 0.4) is 0 Å². The van der Waals surface area contributed by atoms with Gasteiger partial charge in [-0.3, -0.25) is 0 Å². The van der Waals surface area contributed by atoms with Crippen LogP contribution in [0.1, 0.15) is 34.1 Å². The zero-order chi connectivity index (χ0) is 8.28. The maximum Gasteiger partial charge on any atom is 0.102 e. The Morgan fingerprint density at radius 2 is 1.91 bits per heavy atom. The van der Waals surface area contributed by atoms with Crippen molar-refractivity contribution in [1.29, 1.82) is 0 Å². The molecule has 2 saturated heterocycles. The normalized spacial score (nSPS) is 44.7. The SMILES string of the molecule is CC1(C)CC2OC2C(C)(C)N1. The maximum atomic E-state index is 5.57. The Bertz CT molecular complexity index is 186. The minimum Gasteiger partial charge on any atom is -0.368 e. The summed E-state index contributed by atoms with van der Waals surface area (Å²) < 4.78 is 5.57. The molecule has 11 heavy (non-hydrogen) atoms. The highest BCUT2D eigenvalue weighted by Gasteiger charge is 2.56. The van der Waals surface area contributed by atoms with E-state index < -0.39 is 0 Å². The van der Waals surface area contributed by atoms with Crippen LogP contribution >= 0.6 is 0 Å². The molecule has 0 saturated carbocycles. The molecule has 2 nitrogen and oxygen atoms in total. The van der Waals surface area contributed by atoms with E-state index in [0.717, 1.165) is 6.42 Å². The highest BCUT2D eigenvalue weighted by atomic mass is 16.6. The second-order valence-corrected chi connectivity index (χ2v) is 5.03. The van der Waals surface area contributed by atoms with Gasteiger partial charge in [0.05, 0.1) is 6.10 Å². The highest BCUT2D eigenvalue weighted by Crippen LogP contribution is 2.42. The first kappa shape index (κ1) is 7.56. The van der Waals surface area contributed by atoms with Crippen molar-refractivity contribution in [2.24, 2.45) is 0 Å². The fourth-order valence-electron chi connectivity index (χ4n) is 2.43. The lowest BCUT2D eigenvalue weighted by Crippen LogP contribution is -2.59. The van der Waals surface area contributed by atoms with Crippen LogP contribution in [0.4, 0.5) is 0 Å². The van der Waals surface area contributed by atoms with Crippen molar-refractivity contribution in [3.63, 3.8) is 0 Å². The summed E-state index contributed by atoms with van der Waals surface area (Å²) in [4.78, 5) is 0. The number of fused-ring (bicyclic) bond motifs is 1. The number of hydrogen-bond acceptors (Lipinski definition) is 2. The molecule has 0 amide bonds. The van der Waals surface area contributed by atoms with E-state index in [1.807, 2.05) is 0 Å². The first-order valence-corrected chi connectivity index (χ1v) is 4.36. The molecule has 0 bridgehead atoms. The van der Waals surface area contributed by atoms with Crippen molar-refractivity contribution in [1.82, 2.24) is 5.32 Å². The molecule has 2 rings (SSSR count). The summed E-state index contributed by atoms with van der Waals surface area (Å²) in [6, 6.07) is 0. The standard InChI is InChI=1S/C9H17NO/c1-8(2)5-6-7(11-6)9(3,4)10-8/h6-7,10H,5H2,1-4H3. The Morgan fingerprint density at radius 3 is 2.45 bits per heavy atom. The lowest BCUT2D eigenvalue weighted by Gasteiger charge is -2.39. The van der Waals surface area contributed by atoms with Gasteiger partial charge in [-0.15, -0.1) is 0 Å². The molecule has 0 aromatic rings. The third-order valence-electron chi connectivity index (χ3n) is 2.67. The molecular formula is C9H17NO. The molecule has 0 spiro atoms. The monoisotopic (exact) mass is 155 g/mol. The maximum absolute atomic E-state index is 5.57. The fourth-order valence-corrected chi connectivity index (χ4v) is 2.43. The third kappa shape index (κ3) is 1.18. The van der Waals surface area contributed by atoms with Crippen molar-refractivity contribution in [3.05, 3.63) is 0 Å². The van der Waals surface area contributed by atoms with Gasteiger partial charge in [-0.05, 0) is 34.1 Å². The van der Waals surface area contributed by atoms with E-state index in [9.17, 15) is 0 Å². The number of piperidine rings is 1. The van der Waals surface area contributed by atoms with E-state index in [4.69, 9.17) is 4.74 Å². The number of nitrogens with one attached hydrogen (secondary N) is 1. The molecule has 2 aliphatic rings. The lowest BCUT2D eigenvalue weighted by atomic mass is 9.83. The minimum absolute atomic E-state index is 0.173. The van der Waals surface area contributed by atoms with Crippen LogP contribution in [-0.2, 0) is 4.74 Å². The summed E-state index contributed by atoms with van der Waals surface area (Å²) in [5.74, 6) is 0. The van der Waals surface area contributed by atoms with Crippen LogP contribution in [0.2, 0.25) is 0 Å². The van der Waals surface area contributed by atoms with Gasteiger partial charge in [0, 0.05) is 11.1 Å². The summed E-state index contributed by atoms with van der Waals surface area (Å²) in [6.07, 6.45) is 2.15. The zero-order valence-corrected chi connectivity index (χ0v) is 7.77. The van der Waals surface area contributed by atoms with Crippen LogP contribution in [0, 0.1) is 0 Å². The first-order valence-electron chi connectivity index (χ1n) is 4.36. The van der Waals surface area contributed by atoms with E-state index in [2.05, 4.69) is 33.0 Å². The molecule has 2 heterocycles. The third-order valence-corrected chi connectivity index (χ3v) is 2.67. The molecule has 2 aliphatic heterocycles. The predicted octanol–water partition coefficient (Wildman–Crippen LogP) is 1.30. The Balaban J connectivity index is 2.16. The van der Waals surface area contributed by atoms with Gasteiger partial charge in [0.2, 0.25) is 0 Å². The number of ether oxygens (including phenoxy) is 1. The van der Waals surface area contributed by atoms with Crippen LogP contribution < -0.4 is 5.32 Å². The van der Waals surface area contributed by atoms with Gasteiger partial charge in [-0.2, -0.15) is 0 Å². The Kier molecular flexibility index (Phi) is 1.24. The molecule has 0 aliphatic carbocycles. The van der Waals surface area contributed by atoms with Gasteiger partial charge in [0.1, 0.15) is 6.10 Å². The summed E-state index contributed by atoms with van der Waals surface area (Å²) in [5.41, 5.74) is 0.424. The van der Waals surface area contributed by atoms with Crippen LogP contribution in [-0.4, -0.2) is 23.3 Å². The van der Waals surface area contributed by atoms with Crippen LogP contribution in [0.25, 0.3) is 0 Å². The van der Waals surface area contributed by atoms with Gasteiger partial charge in [0.15, 0.2) is 0 Å². The van der Waals surface area contributed by atoms with Crippen molar-refractivity contribution < 1.29 is 4.74 Å². The summed E-state index contributed by atoms with van der Waals surface area (Å²) in [6.45, 7) is 8.93. The second kappa shape index (κ2) is 1.80. The topological polar surface area (TPSA) is 24.6 Å². The molecule has 2 heteroatoms. The predicted molar refractivity (Wildman–Crippen MR) is 44.6 cm³/mol. The summed E-state index contributed by atoms with van der Waals surface area (Å²) in [7, 11) is 0. The number of hydrogen-bond donors (Lipinski definition) is 1. The van der Waals surface area contributed by atoms with Crippen molar-refractivity contribution in [2.45, 2.75) is 57.4 Å². The molecule has 2 fully saturated rings. The van der Waals surface area contributed by atoms with Crippen LogP contribution in [0.5, 0.6) is 0 Å². The second-order valence-electron chi connectivity index (χ2n) is 5.03. The van der Waals surface area contributed by atoms with Crippen molar-refractivity contribution in [3.8, 4) is 0 Å². The van der Waals surface area contributed by atoms with E-state index >= 15 is 0 Å². The van der Waals surface area contributed by atoms with Crippen LogP contribution in [0.15, 0.2) is 0 Å². The Morgan fingerprint density at radius 1 is 1.27 bits per heavy atom. The summed E-state index contributed by atoms with van der Waals surface area (Å²) in [5, 5.41) is 3.60. The average Bonchev–Trinajstić information content (AvgIpc) is 2.37. The van der Waals surface area contributed by atoms with Gasteiger partial charge in [0.25, 0.3) is 0 Å². The molecular weight excluding hydrogens is 138 g/mol. The fraction of sp³-hybridized carbons (Fsp3) is 1.00. The molecule has 0 aromatic heterocycles. The van der Waals surface area contributed by atoms with Crippen molar-refractivity contribution in [2.75, 3.05) is 0 Å². The van der Waals surface area contributed by atoms with Gasteiger partial charge >= 0.3 is 0 Å². The molecule has 2 unspecified atom stereocenters. The zero-order valence-electron chi connectivity index (χ0n) is 7.77. The Hall–Kier alpha value is -0.0800. The smallest absolute Gasteiger partial charge is 0.102 e. The molecule has 0 aromatic carbocycles. The van der Waals surface area contributed by atoms with E-state index in [1.54, 1.807) is 0 Å². The molecule has 2 atom stereocenters. The molecule has 1 N–H and O–H groups in total. The summed E-state index contributed by atoms with van der Waals surface area (Å²) >= 11 is 0. The quantitative estimate of drug-likeness (QED) is 0.533. The number of epoxide rings is 1. The lowest BCUT2D eigenvalue weighted by molar-refractivity contribution is 0.206. The Labute approximate surface area is 68.3 Å². The van der Waals surface area contributed by atoms with Crippen molar-refractivity contribution >= 4 is 0 Å². The average molecular weight is 155 g/mol. The highest BCUT2D eigenvalue weighted by molar-refractivity contribution is 5.11.